The molecule has 0 unspecified atom stereocenters. The number of amides is 1. The molecule has 1 aromatic carbocycles. The van der Waals surface area contributed by atoms with Crippen molar-refractivity contribution in [2.75, 3.05) is 17.4 Å². The van der Waals surface area contributed by atoms with Crippen molar-refractivity contribution in [1.82, 2.24) is 4.90 Å². The molecule has 2 fully saturated rings. The molecule has 2 saturated heterocycles. The molecule has 8 heteroatoms. The molecule has 0 saturated carbocycles. The van der Waals surface area contributed by atoms with E-state index in [1.54, 1.807) is 0 Å². The third-order valence-corrected chi connectivity index (χ3v) is 7.46. The van der Waals surface area contributed by atoms with E-state index in [0.717, 1.165) is 11.1 Å². The van der Waals surface area contributed by atoms with Gasteiger partial charge in [0.2, 0.25) is 0 Å². The van der Waals surface area contributed by atoms with Crippen LogP contribution in [0.5, 0.6) is 0 Å². The van der Waals surface area contributed by atoms with Crippen molar-refractivity contribution in [3.05, 3.63) is 35.4 Å². The number of sulfone groups is 1. The van der Waals surface area contributed by atoms with Gasteiger partial charge in [-0.2, -0.15) is 4.99 Å². The Labute approximate surface area is 145 Å². The summed E-state index contributed by atoms with van der Waals surface area (Å²) >= 11 is 6.92. The summed E-state index contributed by atoms with van der Waals surface area (Å²) in [5.74, 6) is -0.312. The first kappa shape index (κ1) is 16.8. The Morgan fingerprint density at radius 2 is 2.04 bits per heavy atom. The Balaban J connectivity index is 1.88. The van der Waals surface area contributed by atoms with Crippen molar-refractivity contribution in [2.45, 2.75) is 24.8 Å². The van der Waals surface area contributed by atoms with E-state index in [2.05, 4.69) is 4.99 Å². The number of hydrogen-bond donors (Lipinski definition) is 0. The molecule has 0 aliphatic carbocycles. The minimum atomic E-state index is -3.02. The van der Waals surface area contributed by atoms with Crippen LogP contribution in [0.1, 0.15) is 11.1 Å². The van der Waals surface area contributed by atoms with Crippen LogP contribution in [-0.4, -0.2) is 53.1 Å². The van der Waals surface area contributed by atoms with Crippen LogP contribution in [0.2, 0.25) is 0 Å². The summed E-state index contributed by atoms with van der Waals surface area (Å²) < 4.78 is 23.8. The summed E-state index contributed by atoms with van der Waals surface area (Å²) in [7, 11) is -3.02. The summed E-state index contributed by atoms with van der Waals surface area (Å²) in [6, 6.07) is 7.92. The second-order valence-electron chi connectivity index (χ2n) is 5.84. The van der Waals surface area contributed by atoms with Crippen molar-refractivity contribution in [3.63, 3.8) is 0 Å². The molecule has 2 atom stereocenters. The van der Waals surface area contributed by atoms with E-state index in [1.165, 1.54) is 11.8 Å². The van der Waals surface area contributed by atoms with Crippen LogP contribution in [0, 0.1) is 6.92 Å². The molecule has 0 bridgehead atoms. The number of thioether (sulfide) groups is 1. The summed E-state index contributed by atoms with van der Waals surface area (Å²) in [5.41, 5.74) is 2.23. The molecule has 3 rings (SSSR count). The van der Waals surface area contributed by atoms with Crippen molar-refractivity contribution < 1.29 is 13.2 Å². The van der Waals surface area contributed by atoms with Gasteiger partial charge in [0.1, 0.15) is 5.88 Å². The number of rotatable bonds is 3. The quantitative estimate of drug-likeness (QED) is 0.757. The molecule has 5 nitrogen and oxygen atoms in total. The predicted molar refractivity (Wildman–Crippen MR) is 93.7 cm³/mol. The van der Waals surface area contributed by atoms with E-state index in [0.29, 0.717) is 11.7 Å². The lowest BCUT2D eigenvalue weighted by molar-refractivity contribution is -0.115. The molecule has 2 aliphatic heterocycles. The lowest BCUT2D eigenvalue weighted by atomic mass is 10.1. The Morgan fingerprint density at radius 3 is 2.70 bits per heavy atom. The van der Waals surface area contributed by atoms with Crippen molar-refractivity contribution in [3.8, 4) is 0 Å². The zero-order valence-corrected chi connectivity index (χ0v) is 15.0. The number of aryl methyl sites for hydroxylation is 1. The molecule has 0 spiro atoms. The second kappa shape index (κ2) is 6.45. The maximum absolute atomic E-state index is 11.9. The standard InChI is InChI=1S/C15H17ClN2O3S2/c1-10-2-4-11(5-3-10)7-18-12-8-23(20,21)9-13(12)22-15(18)17-14(19)6-16/h2-5,12-13H,6-9H2,1H3/t12-,13-/m0/s1. The molecular weight excluding hydrogens is 356 g/mol. The molecule has 23 heavy (non-hydrogen) atoms. The fourth-order valence-corrected chi connectivity index (χ4v) is 6.88. The van der Waals surface area contributed by atoms with Crippen LogP contribution in [0.3, 0.4) is 0 Å². The molecule has 2 heterocycles. The number of alkyl halides is 1. The average molecular weight is 373 g/mol. The van der Waals surface area contributed by atoms with Crippen LogP contribution in [0.15, 0.2) is 29.3 Å². The van der Waals surface area contributed by atoms with Gasteiger partial charge in [-0.25, -0.2) is 8.42 Å². The van der Waals surface area contributed by atoms with Gasteiger partial charge in [0.15, 0.2) is 15.0 Å². The first-order valence-corrected chi connectivity index (χ1v) is 10.5. The summed E-state index contributed by atoms with van der Waals surface area (Å²) in [4.78, 5) is 17.6. The Kier molecular flexibility index (Phi) is 4.71. The number of hydrogen-bond acceptors (Lipinski definition) is 4. The van der Waals surface area contributed by atoms with Crippen molar-refractivity contribution >= 4 is 44.3 Å². The van der Waals surface area contributed by atoms with E-state index >= 15 is 0 Å². The van der Waals surface area contributed by atoms with Crippen LogP contribution >= 0.6 is 23.4 Å². The number of benzene rings is 1. The number of aliphatic imine (C=N–C) groups is 1. The van der Waals surface area contributed by atoms with Gasteiger partial charge in [-0.15, -0.1) is 11.6 Å². The fourth-order valence-electron chi connectivity index (χ4n) is 2.85. The smallest absolute Gasteiger partial charge is 0.262 e. The van der Waals surface area contributed by atoms with Gasteiger partial charge in [0, 0.05) is 11.8 Å². The number of nitrogens with zero attached hydrogens (tertiary/aromatic N) is 2. The highest BCUT2D eigenvalue weighted by Gasteiger charge is 2.48. The van der Waals surface area contributed by atoms with Crippen LogP contribution in [-0.2, 0) is 21.2 Å². The van der Waals surface area contributed by atoms with Gasteiger partial charge >= 0.3 is 0 Å². The fraction of sp³-hybridized carbons (Fsp3) is 0.467. The Bertz CT molecular complexity index is 746. The highest BCUT2D eigenvalue weighted by atomic mass is 35.5. The number of carbonyl (C=O) groups is 1. The van der Waals surface area contributed by atoms with E-state index in [9.17, 15) is 13.2 Å². The van der Waals surface area contributed by atoms with E-state index in [4.69, 9.17) is 11.6 Å². The SMILES string of the molecule is Cc1ccc(CN2C(=NC(=O)CCl)S[C@H]3CS(=O)(=O)C[C@@H]32)cc1. The molecule has 2 aliphatic rings. The third-order valence-electron chi connectivity index (χ3n) is 3.98. The zero-order chi connectivity index (χ0) is 16.6. The summed E-state index contributed by atoms with van der Waals surface area (Å²) in [6.07, 6.45) is 0. The number of amidine groups is 1. The topological polar surface area (TPSA) is 66.8 Å². The van der Waals surface area contributed by atoms with E-state index < -0.39 is 15.7 Å². The van der Waals surface area contributed by atoms with Crippen LogP contribution < -0.4 is 0 Å². The maximum atomic E-state index is 11.9. The molecule has 124 valence electrons. The molecular formula is C15H17ClN2O3S2. The first-order chi connectivity index (χ1) is 10.9. The number of halogens is 1. The molecule has 0 N–H and O–H groups in total. The van der Waals surface area contributed by atoms with E-state index in [-0.39, 0.29) is 28.7 Å². The minimum Gasteiger partial charge on any atom is -0.342 e. The largest absolute Gasteiger partial charge is 0.342 e. The van der Waals surface area contributed by atoms with Crippen LogP contribution in [0.4, 0.5) is 0 Å². The van der Waals surface area contributed by atoms with E-state index in [1.807, 2.05) is 36.1 Å². The van der Waals surface area contributed by atoms with Gasteiger partial charge < -0.3 is 4.90 Å². The normalized spacial score (nSPS) is 27.4. The number of fused-ring (bicyclic) bond motifs is 1. The minimum absolute atomic E-state index is 0.0627. The Morgan fingerprint density at radius 1 is 1.35 bits per heavy atom. The van der Waals surface area contributed by atoms with Gasteiger partial charge in [-0.05, 0) is 12.5 Å². The lowest BCUT2D eigenvalue weighted by Gasteiger charge is -2.24. The predicted octanol–water partition coefficient (Wildman–Crippen LogP) is 1.83. The average Bonchev–Trinajstić information content (AvgIpc) is 2.94. The van der Waals surface area contributed by atoms with Crippen molar-refractivity contribution in [1.29, 1.82) is 0 Å². The van der Waals surface area contributed by atoms with Gasteiger partial charge in [-0.1, -0.05) is 41.6 Å². The number of carbonyl (C=O) groups excluding carboxylic acids is 1. The summed E-state index contributed by atoms with van der Waals surface area (Å²) in [5, 5.41) is 0.522. The van der Waals surface area contributed by atoms with Crippen LogP contribution in [0.25, 0.3) is 0 Å². The first-order valence-electron chi connectivity index (χ1n) is 7.25. The van der Waals surface area contributed by atoms with Crippen molar-refractivity contribution in [2.24, 2.45) is 4.99 Å². The highest BCUT2D eigenvalue weighted by Crippen LogP contribution is 2.39. The van der Waals surface area contributed by atoms with Gasteiger partial charge in [0.05, 0.1) is 17.5 Å². The molecule has 0 radical (unpaired) electrons. The molecule has 0 aromatic heterocycles. The van der Waals surface area contributed by atoms with Gasteiger partial charge in [-0.3, -0.25) is 4.79 Å². The molecule has 1 aromatic rings. The maximum Gasteiger partial charge on any atom is 0.262 e. The lowest BCUT2D eigenvalue weighted by Crippen LogP contribution is -2.37. The zero-order valence-electron chi connectivity index (χ0n) is 12.6. The van der Waals surface area contributed by atoms with Gasteiger partial charge in [0.25, 0.3) is 5.91 Å². The highest BCUT2D eigenvalue weighted by molar-refractivity contribution is 8.15. The molecule has 1 amide bonds. The monoisotopic (exact) mass is 372 g/mol. The third kappa shape index (κ3) is 3.72. The summed E-state index contributed by atoms with van der Waals surface area (Å²) in [6.45, 7) is 2.56. The second-order valence-corrected chi connectivity index (χ2v) is 9.46. The Hall–Kier alpha value is -1.05.